The van der Waals surface area contributed by atoms with Gasteiger partial charge < -0.3 is 4.98 Å². The van der Waals surface area contributed by atoms with Crippen LogP contribution in [0.15, 0.2) is 17.2 Å². The summed E-state index contributed by atoms with van der Waals surface area (Å²) in [7, 11) is 0. The molecule has 1 aromatic rings. The van der Waals surface area contributed by atoms with Gasteiger partial charge in [0.15, 0.2) is 0 Å². The van der Waals surface area contributed by atoms with Gasteiger partial charge in [0.2, 0.25) is 0 Å². The van der Waals surface area contributed by atoms with E-state index in [0.717, 1.165) is 5.75 Å². The molecule has 0 fully saturated rings. The van der Waals surface area contributed by atoms with Crippen LogP contribution in [0.2, 0.25) is 0 Å². The van der Waals surface area contributed by atoms with E-state index in [1.54, 1.807) is 28.3 Å². The van der Waals surface area contributed by atoms with Crippen LogP contribution in [0.3, 0.4) is 0 Å². The van der Waals surface area contributed by atoms with E-state index in [9.17, 15) is 4.79 Å². The minimum absolute atomic E-state index is 0.0310. The van der Waals surface area contributed by atoms with Crippen molar-refractivity contribution in [1.82, 2.24) is 8.96 Å². The standard InChI is InChI=1S/C8H14N2OS/c1-2-3-4-7-12-10-6-5-9-8(10)11/h5-6H,2-4,7H2,1H3,(H,9,11). The summed E-state index contributed by atoms with van der Waals surface area (Å²) in [6.07, 6.45) is 7.07. The van der Waals surface area contributed by atoms with Crippen LogP contribution < -0.4 is 5.69 Å². The molecule has 0 aliphatic rings. The number of unbranched alkanes of at least 4 members (excludes halogenated alkanes) is 2. The minimum Gasteiger partial charge on any atom is -0.312 e. The molecule has 0 spiro atoms. The van der Waals surface area contributed by atoms with Gasteiger partial charge in [-0.05, 0) is 18.4 Å². The van der Waals surface area contributed by atoms with Gasteiger partial charge in [0.25, 0.3) is 0 Å². The number of H-pyrrole nitrogens is 1. The fraction of sp³-hybridized carbons (Fsp3) is 0.625. The van der Waals surface area contributed by atoms with Crippen LogP contribution in [0.4, 0.5) is 0 Å². The minimum atomic E-state index is -0.0310. The van der Waals surface area contributed by atoms with Crippen LogP contribution in [-0.2, 0) is 0 Å². The highest BCUT2D eigenvalue weighted by Crippen LogP contribution is 2.06. The second-order valence-corrected chi connectivity index (χ2v) is 3.69. The molecule has 1 aromatic heterocycles. The molecule has 0 saturated carbocycles. The topological polar surface area (TPSA) is 37.8 Å². The third-order valence-electron chi connectivity index (χ3n) is 1.60. The molecule has 0 aliphatic carbocycles. The maximum atomic E-state index is 11.0. The van der Waals surface area contributed by atoms with Crippen molar-refractivity contribution in [3.05, 3.63) is 22.9 Å². The highest BCUT2D eigenvalue weighted by Gasteiger charge is 1.94. The molecular formula is C8H14N2OS. The molecule has 0 atom stereocenters. The molecule has 68 valence electrons. The molecule has 0 aromatic carbocycles. The summed E-state index contributed by atoms with van der Waals surface area (Å²) >= 11 is 1.57. The van der Waals surface area contributed by atoms with Crippen molar-refractivity contribution in [2.24, 2.45) is 0 Å². The van der Waals surface area contributed by atoms with Gasteiger partial charge in [-0.15, -0.1) is 0 Å². The number of aromatic nitrogens is 2. The molecule has 1 rings (SSSR count). The van der Waals surface area contributed by atoms with Crippen molar-refractivity contribution in [3.8, 4) is 0 Å². The Balaban J connectivity index is 2.24. The summed E-state index contributed by atoms with van der Waals surface area (Å²) < 4.78 is 1.63. The molecule has 0 amide bonds. The Morgan fingerprint density at radius 3 is 3.00 bits per heavy atom. The van der Waals surface area contributed by atoms with Crippen LogP contribution in [0.5, 0.6) is 0 Å². The van der Waals surface area contributed by atoms with E-state index in [1.165, 1.54) is 19.3 Å². The number of imidazole rings is 1. The van der Waals surface area contributed by atoms with E-state index in [0.29, 0.717) is 0 Å². The lowest BCUT2D eigenvalue weighted by molar-refractivity contribution is 0.777. The fourth-order valence-electron chi connectivity index (χ4n) is 0.924. The number of nitrogens with zero attached hydrogens (tertiary/aromatic N) is 1. The smallest absolute Gasteiger partial charge is 0.312 e. The Bertz CT molecular complexity index is 266. The van der Waals surface area contributed by atoms with E-state index >= 15 is 0 Å². The molecular weight excluding hydrogens is 172 g/mol. The summed E-state index contributed by atoms with van der Waals surface area (Å²) in [6.45, 7) is 2.17. The van der Waals surface area contributed by atoms with Crippen LogP contribution in [-0.4, -0.2) is 14.7 Å². The van der Waals surface area contributed by atoms with Crippen molar-refractivity contribution in [2.45, 2.75) is 26.2 Å². The second-order valence-electron chi connectivity index (χ2n) is 2.63. The Labute approximate surface area is 76.3 Å². The zero-order valence-electron chi connectivity index (χ0n) is 7.25. The lowest BCUT2D eigenvalue weighted by Gasteiger charge is -1.98. The van der Waals surface area contributed by atoms with Gasteiger partial charge in [-0.3, -0.25) is 0 Å². The predicted octanol–water partition coefficient (Wildman–Crippen LogP) is 1.86. The second kappa shape index (κ2) is 5.09. The third kappa shape index (κ3) is 2.77. The summed E-state index contributed by atoms with van der Waals surface area (Å²) in [5, 5.41) is 0. The first-order valence-corrected chi connectivity index (χ1v) is 5.18. The molecule has 0 aliphatic heterocycles. The summed E-state index contributed by atoms with van der Waals surface area (Å²) in [5.74, 6) is 1.02. The van der Waals surface area contributed by atoms with Gasteiger partial charge in [0, 0.05) is 18.1 Å². The van der Waals surface area contributed by atoms with Crippen LogP contribution in [0.1, 0.15) is 26.2 Å². The summed E-state index contributed by atoms with van der Waals surface area (Å²) in [4.78, 5) is 13.6. The maximum Gasteiger partial charge on any atom is 0.335 e. The van der Waals surface area contributed by atoms with Gasteiger partial charge in [-0.1, -0.05) is 19.8 Å². The number of hydrogen-bond acceptors (Lipinski definition) is 2. The lowest BCUT2D eigenvalue weighted by Crippen LogP contribution is -2.10. The molecule has 12 heavy (non-hydrogen) atoms. The fourth-order valence-corrected chi connectivity index (χ4v) is 1.77. The zero-order chi connectivity index (χ0) is 8.81. The van der Waals surface area contributed by atoms with Crippen LogP contribution in [0, 0.1) is 0 Å². The number of hydrogen-bond donors (Lipinski definition) is 1. The Morgan fingerprint density at radius 2 is 2.42 bits per heavy atom. The first-order valence-electron chi connectivity index (χ1n) is 4.24. The third-order valence-corrected chi connectivity index (χ3v) is 2.63. The van der Waals surface area contributed by atoms with Crippen molar-refractivity contribution in [1.29, 1.82) is 0 Å². The molecule has 0 unspecified atom stereocenters. The van der Waals surface area contributed by atoms with Crippen molar-refractivity contribution >= 4 is 11.9 Å². The summed E-state index contributed by atoms with van der Waals surface area (Å²) in [6, 6.07) is 0. The van der Waals surface area contributed by atoms with Gasteiger partial charge in [0.1, 0.15) is 0 Å². The summed E-state index contributed by atoms with van der Waals surface area (Å²) in [5.41, 5.74) is -0.0310. The molecule has 0 radical (unpaired) electrons. The van der Waals surface area contributed by atoms with Crippen LogP contribution >= 0.6 is 11.9 Å². The first-order chi connectivity index (χ1) is 5.84. The normalized spacial score (nSPS) is 10.4. The van der Waals surface area contributed by atoms with E-state index in [2.05, 4.69) is 11.9 Å². The monoisotopic (exact) mass is 186 g/mol. The average molecular weight is 186 g/mol. The number of aromatic amines is 1. The SMILES string of the molecule is CCCCCSn1cc[nH]c1=O. The van der Waals surface area contributed by atoms with E-state index in [-0.39, 0.29) is 5.69 Å². The Hall–Kier alpha value is -0.640. The first kappa shape index (κ1) is 9.45. The van der Waals surface area contributed by atoms with Crippen molar-refractivity contribution < 1.29 is 0 Å². The maximum absolute atomic E-state index is 11.0. The quantitative estimate of drug-likeness (QED) is 0.713. The Morgan fingerprint density at radius 1 is 1.58 bits per heavy atom. The van der Waals surface area contributed by atoms with Gasteiger partial charge in [0.05, 0.1) is 0 Å². The lowest BCUT2D eigenvalue weighted by atomic mass is 10.3. The molecule has 0 saturated heterocycles. The molecule has 4 heteroatoms. The molecule has 1 heterocycles. The molecule has 0 bridgehead atoms. The predicted molar refractivity (Wildman–Crippen MR) is 52.4 cm³/mol. The highest BCUT2D eigenvalue weighted by molar-refractivity contribution is 7.97. The zero-order valence-corrected chi connectivity index (χ0v) is 8.06. The number of nitrogens with one attached hydrogen (secondary N) is 1. The van der Waals surface area contributed by atoms with Crippen molar-refractivity contribution in [2.75, 3.05) is 5.75 Å². The van der Waals surface area contributed by atoms with E-state index in [4.69, 9.17) is 0 Å². The van der Waals surface area contributed by atoms with Gasteiger partial charge in [-0.25, -0.2) is 8.77 Å². The van der Waals surface area contributed by atoms with Crippen LogP contribution in [0.25, 0.3) is 0 Å². The van der Waals surface area contributed by atoms with E-state index < -0.39 is 0 Å². The number of rotatable bonds is 5. The molecule has 3 nitrogen and oxygen atoms in total. The van der Waals surface area contributed by atoms with Crippen molar-refractivity contribution in [3.63, 3.8) is 0 Å². The van der Waals surface area contributed by atoms with E-state index in [1.807, 2.05) is 0 Å². The average Bonchev–Trinajstić information content (AvgIpc) is 2.46. The highest BCUT2D eigenvalue weighted by atomic mass is 32.2. The largest absolute Gasteiger partial charge is 0.335 e. The Kier molecular flexibility index (Phi) is 4.00. The van der Waals surface area contributed by atoms with Gasteiger partial charge >= 0.3 is 5.69 Å². The molecule has 1 N–H and O–H groups in total. The van der Waals surface area contributed by atoms with Gasteiger partial charge in [-0.2, -0.15) is 0 Å².